The van der Waals surface area contributed by atoms with E-state index in [4.69, 9.17) is 0 Å². The van der Waals surface area contributed by atoms with E-state index in [0.717, 1.165) is 6.04 Å². The van der Waals surface area contributed by atoms with Gasteiger partial charge in [-0.05, 0) is 39.4 Å². The van der Waals surface area contributed by atoms with Crippen LogP contribution in [-0.2, 0) is 0 Å². The molecule has 1 saturated carbocycles. The predicted molar refractivity (Wildman–Crippen MR) is 64.2 cm³/mol. The Kier molecular flexibility index (Phi) is 4.42. The molecule has 1 aliphatic carbocycles. The van der Waals surface area contributed by atoms with Gasteiger partial charge in [-0.3, -0.25) is 0 Å². The number of piperazine rings is 1. The summed E-state index contributed by atoms with van der Waals surface area (Å²) in [5.74, 6) is 0. The molecular formula is C12H25N3. The van der Waals surface area contributed by atoms with Crippen LogP contribution in [0.3, 0.4) is 0 Å². The zero-order valence-electron chi connectivity index (χ0n) is 10.0. The highest BCUT2D eigenvalue weighted by Crippen LogP contribution is 2.23. The quantitative estimate of drug-likeness (QED) is 0.724. The van der Waals surface area contributed by atoms with Crippen LogP contribution in [0.4, 0.5) is 0 Å². The fourth-order valence-corrected chi connectivity index (χ4v) is 2.49. The average Bonchev–Trinajstić information content (AvgIpc) is 2.16. The van der Waals surface area contributed by atoms with Crippen molar-refractivity contribution in [1.29, 1.82) is 0 Å². The van der Waals surface area contributed by atoms with Gasteiger partial charge in [-0.2, -0.15) is 0 Å². The smallest absolute Gasteiger partial charge is 0.0107 e. The number of rotatable bonds is 5. The molecule has 2 fully saturated rings. The lowest BCUT2D eigenvalue weighted by Crippen LogP contribution is -2.45. The van der Waals surface area contributed by atoms with Gasteiger partial charge < -0.3 is 15.1 Å². The van der Waals surface area contributed by atoms with Crippen LogP contribution in [0.15, 0.2) is 0 Å². The fraction of sp³-hybridized carbons (Fsp3) is 1.00. The first-order valence-corrected chi connectivity index (χ1v) is 6.49. The highest BCUT2D eigenvalue weighted by atomic mass is 15.2. The highest BCUT2D eigenvalue weighted by molar-refractivity contribution is 4.78. The molecule has 1 aliphatic heterocycles. The van der Waals surface area contributed by atoms with Gasteiger partial charge in [-0.15, -0.1) is 0 Å². The van der Waals surface area contributed by atoms with Gasteiger partial charge in [0.2, 0.25) is 0 Å². The van der Waals surface area contributed by atoms with E-state index >= 15 is 0 Å². The Bertz CT molecular complexity index is 172. The molecule has 0 amide bonds. The van der Waals surface area contributed by atoms with Crippen molar-refractivity contribution in [2.45, 2.75) is 31.7 Å². The van der Waals surface area contributed by atoms with Crippen LogP contribution in [0.5, 0.6) is 0 Å². The average molecular weight is 211 g/mol. The first-order valence-electron chi connectivity index (χ1n) is 6.49. The molecule has 2 rings (SSSR count). The van der Waals surface area contributed by atoms with Crippen LogP contribution in [-0.4, -0.2) is 62.2 Å². The van der Waals surface area contributed by atoms with E-state index in [2.05, 4.69) is 22.2 Å². The van der Waals surface area contributed by atoms with E-state index in [1.54, 1.807) is 0 Å². The SMILES string of the molecule is CN(CCCN1CCNCC1)C1CCC1. The summed E-state index contributed by atoms with van der Waals surface area (Å²) in [4.78, 5) is 5.15. The van der Waals surface area contributed by atoms with Crippen LogP contribution in [0.25, 0.3) is 0 Å². The zero-order chi connectivity index (χ0) is 10.5. The van der Waals surface area contributed by atoms with Crippen LogP contribution < -0.4 is 5.32 Å². The van der Waals surface area contributed by atoms with Gasteiger partial charge in [0.25, 0.3) is 0 Å². The second-order valence-electron chi connectivity index (χ2n) is 5.01. The molecule has 0 unspecified atom stereocenters. The normalized spacial score (nSPS) is 24.4. The Balaban J connectivity index is 1.53. The Morgan fingerprint density at radius 3 is 2.60 bits per heavy atom. The second-order valence-corrected chi connectivity index (χ2v) is 5.01. The lowest BCUT2D eigenvalue weighted by atomic mass is 9.92. The molecule has 2 aliphatic rings. The Hall–Kier alpha value is -0.120. The molecule has 0 atom stereocenters. The van der Waals surface area contributed by atoms with Gasteiger partial charge in [0.15, 0.2) is 0 Å². The van der Waals surface area contributed by atoms with Crippen LogP contribution >= 0.6 is 0 Å². The molecule has 15 heavy (non-hydrogen) atoms. The van der Waals surface area contributed by atoms with Crippen molar-refractivity contribution < 1.29 is 0 Å². The maximum absolute atomic E-state index is 3.40. The van der Waals surface area contributed by atoms with Crippen LogP contribution in [0.2, 0.25) is 0 Å². The third-order valence-electron chi connectivity index (χ3n) is 3.89. The van der Waals surface area contributed by atoms with Crippen molar-refractivity contribution in [3.05, 3.63) is 0 Å². The minimum absolute atomic E-state index is 0.910. The molecule has 0 aromatic rings. The van der Waals surface area contributed by atoms with Gasteiger partial charge in [0, 0.05) is 32.2 Å². The Morgan fingerprint density at radius 1 is 1.27 bits per heavy atom. The van der Waals surface area contributed by atoms with E-state index in [9.17, 15) is 0 Å². The molecular weight excluding hydrogens is 186 g/mol. The van der Waals surface area contributed by atoms with Crippen molar-refractivity contribution in [3.8, 4) is 0 Å². The summed E-state index contributed by atoms with van der Waals surface area (Å²) in [7, 11) is 2.29. The third-order valence-corrected chi connectivity index (χ3v) is 3.89. The summed E-state index contributed by atoms with van der Waals surface area (Å²) in [6, 6.07) is 0.910. The maximum atomic E-state index is 3.40. The molecule has 3 nitrogen and oxygen atoms in total. The largest absolute Gasteiger partial charge is 0.314 e. The van der Waals surface area contributed by atoms with Crippen molar-refractivity contribution >= 4 is 0 Å². The molecule has 0 radical (unpaired) electrons. The van der Waals surface area contributed by atoms with E-state index < -0.39 is 0 Å². The first-order chi connectivity index (χ1) is 7.36. The number of hydrogen-bond acceptors (Lipinski definition) is 3. The minimum atomic E-state index is 0.910. The van der Waals surface area contributed by atoms with Gasteiger partial charge >= 0.3 is 0 Å². The molecule has 0 spiro atoms. The Morgan fingerprint density at radius 2 is 2.00 bits per heavy atom. The van der Waals surface area contributed by atoms with E-state index in [1.807, 2.05) is 0 Å². The van der Waals surface area contributed by atoms with Crippen molar-refractivity contribution in [2.24, 2.45) is 0 Å². The first kappa shape index (κ1) is 11.4. The fourth-order valence-electron chi connectivity index (χ4n) is 2.49. The summed E-state index contributed by atoms with van der Waals surface area (Å²) >= 11 is 0. The van der Waals surface area contributed by atoms with Gasteiger partial charge in [-0.1, -0.05) is 6.42 Å². The number of nitrogens with zero attached hydrogens (tertiary/aromatic N) is 2. The lowest BCUT2D eigenvalue weighted by Gasteiger charge is -2.35. The molecule has 1 saturated heterocycles. The topological polar surface area (TPSA) is 18.5 Å². The molecule has 1 heterocycles. The van der Waals surface area contributed by atoms with Crippen LogP contribution in [0, 0.1) is 0 Å². The summed E-state index contributed by atoms with van der Waals surface area (Å²) in [6.07, 6.45) is 5.66. The van der Waals surface area contributed by atoms with Gasteiger partial charge in [0.1, 0.15) is 0 Å². The monoisotopic (exact) mass is 211 g/mol. The molecule has 0 aromatic carbocycles. The van der Waals surface area contributed by atoms with Crippen LogP contribution in [0.1, 0.15) is 25.7 Å². The molecule has 88 valence electrons. The van der Waals surface area contributed by atoms with E-state index in [-0.39, 0.29) is 0 Å². The highest BCUT2D eigenvalue weighted by Gasteiger charge is 2.21. The van der Waals surface area contributed by atoms with Gasteiger partial charge in [-0.25, -0.2) is 0 Å². The Labute approximate surface area is 93.8 Å². The second kappa shape index (κ2) is 5.83. The van der Waals surface area contributed by atoms with Gasteiger partial charge in [0.05, 0.1) is 0 Å². The predicted octanol–water partition coefficient (Wildman–Crippen LogP) is 0.766. The maximum Gasteiger partial charge on any atom is 0.0107 e. The van der Waals surface area contributed by atoms with Crippen molar-refractivity contribution in [3.63, 3.8) is 0 Å². The minimum Gasteiger partial charge on any atom is -0.314 e. The summed E-state index contributed by atoms with van der Waals surface area (Å²) in [5.41, 5.74) is 0. The summed E-state index contributed by atoms with van der Waals surface area (Å²) in [6.45, 7) is 7.42. The third kappa shape index (κ3) is 3.44. The summed E-state index contributed by atoms with van der Waals surface area (Å²) < 4.78 is 0. The lowest BCUT2D eigenvalue weighted by molar-refractivity contribution is 0.147. The van der Waals surface area contributed by atoms with Crippen molar-refractivity contribution in [2.75, 3.05) is 46.3 Å². The van der Waals surface area contributed by atoms with Crippen molar-refractivity contribution in [1.82, 2.24) is 15.1 Å². The van der Waals surface area contributed by atoms with E-state index in [1.165, 1.54) is 65.0 Å². The molecule has 3 heteroatoms. The van der Waals surface area contributed by atoms with E-state index in [0.29, 0.717) is 0 Å². The zero-order valence-corrected chi connectivity index (χ0v) is 10.0. The molecule has 1 N–H and O–H groups in total. The number of hydrogen-bond donors (Lipinski definition) is 1. The summed E-state index contributed by atoms with van der Waals surface area (Å²) in [5, 5.41) is 3.40. The number of nitrogens with one attached hydrogen (secondary N) is 1. The molecule has 0 bridgehead atoms. The standard InChI is InChI=1S/C12H25N3/c1-14(12-4-2-5-12)8-3-9-15-10-6-13-7-11-15/h12-13H,2-11H2,1H3. The molecule has 0 aromatic heterocycles.